The SMILES string of the molecule is CCC1OC(=O)[C@H](C)C(O[C@H]2C[C@@](C)(OC)[C@@H](OC(C)=O)[C@H](C)O2)[C@H](C)[C@@H](O[C@@H]2O[C@H](C)C[C@H](N(C)C)[C@H]2OC(C)=O)[C@](C)(OC)C[C@@H](C)C(=O)/C(C)=C/[C@]1(C)OC(=O)n1ccnc1. The van der Waals surface area contributed by atoms with Crippen LogP contribution in [0.4, 0.5) is 4.79 Å². The van der Waals surface area contributed by atoms with Gasteiger partial charge in [-0.2, -0.15) is 0 Å². The van der Waals surface area contributed by atoms with Crippen LogP contribution in [0.2, 0.25) is 0 Å². The van der Waals surface area contributed by atoms with Gasteiger partial charge in [0.25, 0.3) is 0 Å². The molecule has 2 unspecified atom stereocenters. The maximum absolute atomic E-state index is 14.8. The number of ketones is 1. The van der Waals surface area contributed by atoms with E-state index in [2.05, 4.69) is 4.98 Å². The van der Waals surface area contributed by atoms with Gasteiger partial charge in [0.05, 0.1) is 42.0 Å². The highest BCUT2D eigenvalue weighted by Gasteiger charge is 2.54. The quantitative estimate of drug-likeness (QED) is 0.201. The van der Waals surface area contributed by atoms with Crippen LogP contribution >= 0.6 is 0 Å². The number of hydrogen-bond donors (Lipinski definition) is 0. The lowest BCUT2D eigenvalue weighted by Gasteiger charge is -2.50. The highest BCUT2D eigenvalue weighted by atomic mass is 16.7. The topological polar surface area (TPSA) is 199 Å². The number of Topliss-reactive ketones (excluding diaryl/α,β-unsaturated/α-hetero) is 1. The number of carbonyl (C=O) groups is 5. The summed E-state index contributed by atoms with van der Waals surface area (Å²) in [6.07, 6.45) is -2.27. The van der Waals surface area contributed by atoms with Crippen LogP contribution in [-0.4, -0.2) is 151 Å². The van der Waals surface area contributed by atoms with Crippen molar-refractivity contribution in [3.8, 4) is 0 Å². The average Bonchev–Trinajstić information content (AvgIpc) is 3.77. The molecule has 0 bridgehead atoms. The summed E-state index contributed by atoms with van der Waals surface area (Å²) in [5.74, 6) is -4.59. The van der Waals surface area contributed by atoms with Crippen molar-refractivity contribution in [3.63, 3.8) is 0 Å². The number of allylic oxidation sites excluding steroid dienone is 1. The van der Waals surface area contributed by atoms with Crippen molar-refractivity contribution in [2.75, 3.05) is 28.3 Å². The first-order chi connectivity index (χ1) is 29.8. The summed E-state index contributed by atoms with van der Waals surface area (Å²) in [5.41, 5.74) is -3.75. The first kappa shape index (κ1) is 52.8. The normalized spacial score (nSPS) is 40.1. The summed E-state index contributed by atoms with van der Waals surface area (Å²) < 4.78 is 64.5. The monoisotopic (exact) mass is 908 g/mol. The zero-order valence-electron chi connectivity index (χ0n) is 40.6. The zero-order valence-corrected chi connectivity index (χ0v) is 40.6. The van der Waals surface area contributed by atoms with Gasteiger partial charge in [-0.25, -0.2) is 14.3 Å². The van der Waals surface area contributed by atoms with E-state index < -0.39 is 108 Å². The van der Waals surface area contributed by atoms with Gasteiger partial charge >= 0.3 is 24.0 Å². The molecule has 18 nitrogen and oxygen atoms in total. The predicted octanol–water partition coefficient (Wildman–Crippen LogP) is 5.42. The van der Waals surface area contributed by atoms with Gasteiger partial charge in [-0.15, -0.1) is 0 Å². The zero-order chi connectivity index (χ0) is 48.1. The van der Waals surface area contributed by atoms with Crippen LogP contribution in [0.5, 0.6) is 0 Å². The number of ether oxygens (including phenoxy) is 10. The van der Waals surface area contributed by atoms with E-state index >= 15 is 0 Å². The molecule has 2 fully saturated rings. The molecule has 3 aliphatic rings. The van der Waals surface area contributed by atoms with Gasteiger partial charge < -0.3 is 52.3 Å². The van der Waals surface area contributed by atoms with Crippen LogP contribution < -0.4 is 0 Å². The third-order valence-electron chi connectivity index (χ3n) is 13.1. The van der Waals surface area contributed by atoms with Crippen molar-refractivity contribution in [1.29, 1.82) is 0 Å². The summed E-state index contributed by atoms with van der Waals surface area (Å²) in [7, 11) is 6.80. The van der Waals surface area contributed by atoms with E-state index in [-0.39, 0.29) is 42.8 Å². The largest absolute Gasteiger partial charge is 0.457 e. The van der Waals surface area contributed by atoms with Gasteiger partial charge in [-0.05, 0) is 93.5 Å². The molecule has 0 saturated carbocycles. The second kappa shape index (κ2) is 21.7. The Hall–Kier alpha value is -3.78. The molecule has 0 aromatic carbocycles. The molecule has 0 amide bonds. The molecule has 0 radical (unpaired) electrons. The van der Waals surface area contributed by atoms with Gasteiger partial charge in [0.15, 0.2) is 36.2 Å². The fourth-order valence-corrected chi connectivity index (χ4v) is 9.64. The summed E-state index contributed by atoms with van der Waals surface area (Å²) in [6.45, 7) is 20.2. The Morgan fingerprint density at radius 1 is 0.891 bits per heavy atom. The third-order valence-corrected chi connectivity index (χ3v) is 13.1. The Morgan fingerprint density at radius 3 is 2.06 bits per heavy atom. The number of cyclic esters (lactones) is 1. The van der Waals surface area contributed by atoms with E-state index in [9.17, 15) is 24.0 Å². The van der Waals surface area contributed by atoms with Crippen molar-refractivity contribution < 1.29 is 71.3 Å². The number of nitrogens with zero attached hydrogens (tertiary/aromatic N) is 3. The predicted molar refractivity (Wildman–Crippen MR) is 231 cm³/mol. The molecule has 4 rings (SSSR count). The molecule has 1 aromatic rings. The van der Waals surface area contributed by atoms with E-state index in [0.29, 0.717) is 6.42 Å². The Kier molecular flexibility index (Phi) is 17.9. The summed E-state index contributed by atoms with van der Waals surface area (Å²) in [4.78, 5) is 73.6. The molecule has 18 heteroatoms. The lowest BCUT2D eigenvalue weighted by atomic mass is 9.76. The number of imidazole rings is 1. The molecule has 64 heavy (non-hydrogen) atoms. The van der Waals surface area contributed by atoms with Gasteiger partial charge in [0.2, 0.25) is 0 Å². The maximum Gasteiger partial charge on any atom is 0.420 e. The van der Waals surface area contributed by atoms with Gasteiger partial charge in [-0.1, -0.05) is 20.8 Å². The lowest BCUT2D eigenvalue weighted by Crippen LogP contribution is -2.61. The fraction of sp³-hybridized carbons (Fsp3) is 0.783. The highest BCUT2D eigenvalue weighted by molar-refractivity contribution is 5.96. The minimum Gasteiger partial charge on any atom is -0.457 e. The smallest absolute Gasteiger partial charge is 0.420 e. The molecule has 0 spiro atoms. The summed E-state index contributed by atoms with van der Waals surface area (Å²) in [5, 5.41) is 0. The molecule has 4 heterocycles. The number of aromatic nitrogens is 2. The number of likely N-dealkylation sites (N-methyl/N-ethyl adjacent to an activating group) is 1. The number of methoxy groups -OCH3 is 2. The van der Waals surface area contributed by atoms with E-state index in [4.69, 9.17) is 47.4 Å². The second-order valence-corrected chi connectivity index (χ2v) is 18.7. The fourth-order valence-electron chi connectivity index (χ4n) is 9.64. The maximum atomic E-state index is 14.8. The molecular formula is C46H73N3O15. The van der Waals surface area contributed by atoms with E-state index in [1.807, 2.05) is 39.8 Å². The molecule has 0 N–H and O–H groups in total. The van der Waals surface area contributed by atoms with E-state index in [1.54, 1.807) is 48.5 Å². The second-order valence-electron chi connectivity index (χ2n) is 18.7. The Bertz CT molecular complexity index is 1810. The van der Waals surface area contributed by atoms with Crippen molar-refractivity contribution in [3.05, 3.63) is 30.4 Å². The molecule has 16 atom stereocenters. The van der Waals surface area contributed by atoms with Crippen LogP contribution in [0.25, 0.3) is 0 Å². The average molecular weight is 908 g/mol. The molecule has 1 aromatic heterocycles. The minimum atomic E-state index is -1.63. The number of carbonyl (C=O) groups excluding carboxylic acids is 5. The van der Waals surface area contributed by atoms with Crippen LogP contribution in [0.15, 0.2) is 30.4 Å². The molecular weight excluding hydrogens is 835 g/mol. The Labute approximate surface area is 378 Å². The molecule has 362 valence electrons. The minimum absolute atomic E-state index is 0.0849. The van der Waals surface area contributed by atoms with Crippen molar-refractivity contribution in [2.45, 2.75) is 187 Å². The lowest BCUT2D eigenvalue weighted by molar-refractivity contribution is -0.320. The third kappa shape index (κ3) is 12.2. The number of hydrogen-bond acceptors (Lipinski definition) is 17. The Balaban J connectivity index is 1.93. The first-order valence-corrected chi connectivity index (χ1v) is 22.2. The van der Waals surface area contributed by atoms with Gasteiger partial charge in [0, 0.05) is 58.7 Å². The molecule has 2 saturated heterocycles. The number of esters is 3. The first-order valence-electron chi connectivity index (χ1n) is 22.2. The van der Waals surface area contributed by atoms with Crippen LogP contribution in [0.1, 0.15) is 109 Å². The van der Waals surface area contributed by atoms with E-state index in [0.717, 1.165) is 4.57 Å². The number of rotatable bonds is 11. The summed E-state index contributed by atoms with van der Waals surface area (Å²) in [6, 6.07) is -0.299. The molecule has 3 aliphatic heterocycles. The van der Waals surface area contributed by atoms with Crippen molar-refractivity contribution >= 4 is 29.8 Å². The van der Waals surface area contributed by atoms with Crippen LogP contribution in [-0.2, 0) is 66.5 Å². The van der Waals surface area contributed by atoms with Crippen molar-refractivity contribution in [1.82, 2.24) is 14.5 Å². The Morgan fingerprint density at radius 2 is 1.52 bits per heavy atom. The highest BCUT2D eigenvalue weighted by Crippen LogP contribution is 2.42. The van der Waals surface area contributed by atoms with Crippen LogP contribution in [0, 0.1) is 17.8 Å². The van der Waals surface area contributed by atoms with E-state index in [1.165, 1.54) is 52.9 Å². The summed E-state index contributed by atoms with van der Waals surface area (Å²) >= 11 is 0. The van der Waals surface area contributed by atoms with Crippen molar-refractivity contribution in [2.24, 2.45) is 17.8 Å². The van der Waals surface area contributed by atoms with Gasteiger partial charge in [0.1, 0.15) is 18.0 Å². The van der Waals surface area contributed by atoms with Crippen LogP contribution in [0.3, 0.4) is 0 Å². The van der Waals surface area contributed by atoms with Gasteiger partial charge in [-0.3, -0.25) is 19.2 Å². The standard InChI is InChI=1S/C46H73N3O15/c1-17-34-44(10,64-43(54)49-19-18-47-24-49)21-25(2)36(52)26(3)22-45(11,55-15)39(63-42-38(59-31(8)50)33(48(13)14)20-27(4)57-42)28(5)37(29(6)41(53)61-34)62-35-23-46(12,56-16)40(30(7)58-35)60-32(9)51/h18-19,21,24,26-30,33-35,37-40,42H,17,20,22-23H2,1-16H3/b25-21+/t26-,27-,28+,29-,30+,33+,34?,35+,37?,38-,39-,40+,42+,44+,45-,46-/m1/s1. The molecule has 0 aliphatic carbocycles.